The van der Waals surface area contributed by atoms with Gasteiger partial charge in [0.05, 0.1) is 17.0 Å². The Labute approximate surface area is 185 Å². The van der Waals surface area contributed by atoms with Gasteiger partial charge in [0.1, 0.15) is 12.4 Å². The summed E-state index contributed by atoms with van der Waals surface area (Å²) >= 11 is 12.2. The maximum atomic E-state index is 13.0. The third-order valence-corrected chi connectivity index (χ3v) is 5.27. The van der Waals surface area contributed by atoms with Crippen molar-refractivity contribution in [3.05, 3.63) is 99.5 Å². The fourth-order valence-electron chi connectivity index (χ4n) is 3.11. The molecule has 0 bridgehead atoms. The third-order valence-electron chi connectivity index (χ3n) is 4.68. The molecule has 1 aliphatic heterocycles. The van der Waals surface area contributed by atoms with Gasteiger partial charge in [-0.15, -0.1) is 0 Å². The minimum Gasteiger partial charge on any atom is -0.488 e. The zero-order chi connectivity index (χ0) is 21.1. The van der Waals surface area contributed by atoms with Crippen LogP contribution in [0, 0.1) is 0 Å². The lowest BCUT2D eigenvalue weighted by Crippen LogP contribution is -2.21. The largest absolute Gasteiger partial charge is 0.488 e. The number of hydrogen-bond acceptors (Lipinski definition) is 3. The number of ether oxygens (including phenoxy) is 1. The molecule has 0 saturated heterocycles. The molecule has 0 fully saturated rings. The van der Waals surface area contributed by atoms with Crippen molar-refractivity contribution in [2.45, 2.75) is 13.5 Å². The highest BCUT2D eigenvalue weighted by molar-refractivity contribution is 6.35. The molecule has 3 aromatic carbocycles. The fourth-order valence-corrected chi connectivity index (χ4v) is 3.57. The standard InChI is InChI=1S/C24H18Cl2N2O2/c1-16-21(24(29)28(27-16)20-8-3-2-4-9-20)13-17-7-5-6-10-23(17)30-15-18-11-12-19(25)14-22(18)26/h2-14H,15H2,1H3/b21-13-. The van der Waals surface area contributed by atoms with E-state index in [9.17, 15) is 4.79 Å². The van der Waals surface area contributed by atoms with Crippen molar-refractivity contribution in [2.24, 2.45) is 5.10 Å². The van der Waals surface area contributed by atoms with Crippen LogP contribution in [0.25, 0.3) is 6.08 Å². The van der Waals surface area contributed by atoms with E-state index in [1.54, 1.807) is 12.1 Å². The van der Waals surface area contributed by atoms with Gasteiger partial charge in [-0.1, -0.05) is 65.7 Å². The molecule has 1 heterocycles. The van der Waals surface area contributed by atoms with Crippen LogP contribution in [0.2, 0.25) is 10.0 Å². The average molecular weight is 437 g/mol. The molecule has 0 N–H and O–H groups in total. The van der Waals surface area contributed by atoms with Gasteiger partial charge in [0.2, 0.25) is 0 Å². The predicted molar refractivity (Wildman–Crippen MR) is 122 cm³/mol. The highest BCUT2D eigenvalue weighted by Crippen LogP contribution is 2.29. The van der Waals surface area contributed by atoms with E-state index in [-0.39, 0.29) is 12.5 Å². The summed E-state index contributed by atoms with van der Waals surface area (Å²) in [6.45, 7) is 2.11. The monoisotopic (exact) mass is 436 g/mol. The van der Waals surface area contributed by atoms with Crippen molar-refractivity contribution in [2.75, 3.05) is 5.01 Å². The zero-order valence-electron chi connectivity index (χ0n) is 16.2. The van der Waals surface area contributed by atoms with E-state index >= 15 is 0 Å². The molecule has 1 aliphatic rings. The van der Waals surface area contributed by atoms with Gasteiger partial charge in [-0.25, -0.2) is 0 Å². The van der Waals surface area contributed by atoms with E-state index in [4.69, 9.17) is 27.9 Å². The fraction of sp³-hybridized carbons (Fsp3) is 0.0833. The lowest BCUT2D eigenvalue weighted by Gasteiger charge is -2.12. The molecule has 0 aromatic heterocycles. The molecule has 0 saturated carbocycles. The first-order valence-electron chi connectivity index (χ1n) is 9.35. The number of amides is 1. The summed E-state index contributed by atoms with van der Waals surface area (Å²) < 4.78 is 6.00. The summed E-state index contributed by atoms with van der Waals surface area (Å²) in [7, 11) is 0. The summed E-state index contributed by atoms with van der Waals surface area (Å²) in [5.41, 5.74) is 3.52. The Morgan fingerprint density at radius 2 is 1.73 bits per heavy atom. The Morgan fingerprint density at radius 1 is 1.00 bits per heavy atom. The Bertz CT molecular complexity index is 1160. The first-order chi connectivity index (χ1) is 14.5. The van der Waals surface area contributed by atoms with E-state index in [1.165, 1.54) is 5.01 Å². The highest BCUT2D eigenvalue weighted by atomic mass is 35.5. The molecular formula is C24H18Cl2N2O2. The van der Waals surface area contributed by atoms with Gasteiger partial charge < -0.3 is 4.74 Å². The van der Waals surface area contributed by atoms with Crippen molar-refractivity contribution in [1.82, 2.24) is 0 Å². The molecule has 0 radical (unpaired) electrons. The quantitative estimate of drug-likeness (QED) is 0.435. The van der Waals surface area contributed by atoms with Crippen LogP contribution < -0.4 is 9.75 Å². The normalized spacial score (nSPS) is 14.9. The van der Waals surface area contributed by atoms with E-state index in [0.717, 1.165) is 16.8 Å². The van der Waals surface area contributed by atoms with Crippen molar-refractivity contribution < 1.29 is 9.53 Å². The molecule has 0 spiro atoms. The summed E-state index contributed by atoms with van der Waals surface area (Å²) in [5, 5.41) is 6.96. The second-order valence-corrected chi connectivity index (χ2v) is 7.60. The molecule has 0 aliphatic carbocycles. The molecule has 1 amide bonds. The molecule has 0 atom stereocenters. The van der Waals surface area contributed by atoms with Crippen LogP contribution in [0.15, 0.2) is 83.5 Å². The van der Waals surface area contributed by atoms with Gasteiger partial charge in [0, 0.05) is 21.2 Å². The van der Waals surface area contributed by atoms with Crippen LogP contribution in [-0.4, -0.2) is 11.6 Å². The first-order valence-corrected chi connectivity index (χ1v) is 10.1. The van der Waals surface area contributed by atoms with Crippen molar-refractivity contribution in [3.8, 4) is 5.75 Å². The minimum absolute atomic E-state index is 0.172. The second kappa shape index (κ2) is 8.74. The van der Waals surface area contributed by atoms with E-state index < -0.39 is 0 Å². The van der Waals surface area contributed by atoms with E-state index in [0.29, 0.717) is 27.1 Å². The maximum absolute atomic E-state index is 13.0. The minimum atomic E-state index is -0.172. The topological polar surface area (TPSA) is 41.9 Å². The number of anilines is 1. The Balaban J connectivity index is 1.59. The SMILES string of the molecule is CC1=NN(c2ccccc2)C(=O)/C1=C\c1ccccc1OCc1ccc(Cl)cc1Cl. The third kappa shape index (κ3) is 4.25. The van der Waals surface area contributed by atoms with Gasteiger partial charge in [0.25, 0.3) is 5.91 Å². The maximum Gasteiger partial charge on any atom is 0.280 e. The number of carbonyl (C=O) groups is 1. The zero-order valence-corrected chi connectivity index (χ0v) is 17.7. The summed E-state index contributed by atoms with van der Waals surface area (Å²) in [6, 6.07) is 22.2. The molecule has 6 heteroatoms. The molecule has 0 unspecified atom stereocenters. The van der Waals surface area contributed by atoms with Crippen LogP contribution in [-0.2, 0) is 11.4 Å². The van der Waals surface area contributed by atoms with Crippen LogP contribution in [0.3, 0.4) is 0 Å². The van der Waals surface area contributed by atoms with Crippen molar-refractivity contribution >= 4 is 46.6 Å². The molecule has 4 rings (SSSR count). The lowest BCUT2D eigenvalue weighted by molar-refractivity contribution is -0.114. The predicted octanol–water partition coefficient (Wildman–Crippen LogP) is 6.38. The van der Waals surface area contributed by atoms with E-state index in [2.05, 4.69) is 5.10 Å². The number of carbonyl (C=O) groups excluding carboxylic acids is 1. The highest BCUT2D eigenvalue weighted by Gasteiger charge is 2.28. The smallest absolute Gasteiger partial charge is 0.280 e. The van der Waals surface area contributed by atoms with Crippen molar-refractivity contribution in [1.29, 1.82) is 0 Å². The van der Waals surface area contributed by atoms with Gasteiger partial charge in [0.15, 0.2) is 0 Å². The number of hydrogen-bond donors (Lipinski definition) is 0. The van der Waals surface area contributed by atoms with Crippen LogP contribution in [0.5, 0.6) is 5.75 Å². The number of rotatable bonds is 5. The molecular weight excluding hydrogens is 419 g/mol. The molecule has 3 aromatic rings. The molecule has 150 valence electrons. The number of para-hydroxylation sites is 2. The second-order valence-electron chi connectivity index (χ2n) is 6.76. The Morgan fingerprint density at radius 3 is 2.50 bits per heavy atom. The van der Waals surface area contributed by atoms with Crippen molar-refractivity contribution in [3.63, 3.8) is 0 Å². The van der Waals surface area contributed by atoms with Gasteiger partial charge >= 0.3 is 0 Å². The molecule has 30 heavy (non-hydrogen) atoms. The van der Waals surface area contributed by atoms with Crippen LogP contribution in [0.4, 0.5) is 5.69 Å². The number of nitrogens with zero attached hydrogens (tertiary/aromatic N) is 2. The average Bonchev–Trinajstić information content (AvgIpc) is 3.03. The van der Waals surface area contributed by atoms with E-state index in [1.807, 2.05) is 73.7 Å². The first kappa shape index (κ1) is 20.2. The Kier molecular flexibility index (Phi) is 5.88. The Hall–Kier alpha value is -3.08. The lowest BCUT2D eigenvalue weighted by atomic mass is 10.1. The summed E-state index contributed by atoms with van der Waals surface area (Å²) in [6.07, 6.45) is 1.81. The van der Waals surface area contributed by atoms with Gasteiger partial charge in [-0.05, 0) is 43.3 Å². The van der Waals surface area contributed by atoms with Crippen LogP contribution in [0.1, 0.15) is 18.1 Å². The molecule has 4 nitrogen and oxygen atoms in total. The summed E-state index contributed by atoms with van der Waals surface area (Å²) in [4.78, 5) is 13.0. The number of benzene rings is 3. The van der Waals surface area contributed by atoms with Gasteiger partial charge in [-0.2, -0.15) is 10.1 Å². The number of hydrazone groups is 1. The number of halogens is 2. The van der Waals surface area contributed by atoms with Crippen LogP contribution >= 0.6 is 23.2 Å². The van der Waals surface area contributed by atoms with Gasteiger partial charge in [-0.3, -0.25) is 4.79 Å². The summed E-state index contributed by atoms with van der Waals surface area (Å²) in [5.74, 6) is 0.476.